The summed E-state index contributed by atoms with van der Waals surface area (Å²) in [7, 11) is 0. The Morgan fingerprint density at radius 2 is 0.962 bits per heavy atom. The quantitative estimate of drug-likeness (QED) is 0.626. The molecule has 0 heterocycles. The van der Waals surface area contributed by atoms with Gasteiger partial charge in [-0.1, -0.05) is 0 Å². The molecule has 0 aromatic heterocycles. The molecule has 0 saturated heterocycles. The Morgan fingerprint density at radius 3 is 1.23 bits per heavy atom. The number of rotatable bonds is 3. The Balaban J connectivity index is 2.70. The molecule has 2 aromatic rings. The summed E-state index contributed by atoms with van der Waals surface area (Å²) < 4.78 is 84.1. The lowest BCUT2D eigenvalue weighted by atomic mass is 10.0. The van der Waals surface area contributed by atoms with E-state index in [2.05, 4.69) is 0 Å². The monoisotopic (exact) mass is 376 g/mol. The Labute approximate surface area is 142 Å². The number of carbonyl (C=O) groups excluding carboxylic acids is 2. The molecule has 2 aromatic carbocycles. The van der Waals surface area contributed by atoms with E-state index < -0.39 is 69.2 Å². The number of hydrogen-bond donors (Lipinski definition) is 2. The minimum absolute atomic E-state index is 0.277. The van der Waals surface area contributed by atoms with E-state index in [0.717, 1.165) is 13.8 Å². The van der Waals surface area contributed by atoms with Crippen LogP contribution in [0.25, 0.3) is 11.1 Å². The maximum absolute atomic E-state index is 14.2. The van der Waals surface area contributed by atoms with Crippen LogP contribution in [0, 0.1) is 34.9 Å². The van der Waals surface area contributed by atoms with Gasteiger partial charge in [0.05, 0.1) is 0 Å². The number of hydrogen-bond acceptors (Lipinski definition) is 2. The second kappa shape index (κ2) is 7.06. The SMILES string of the molecule is CC(=O)Nc1c(F)cc(-c2cc(F)c(NC(C)=O)c(F)c2F)c(F)c1F. The standard InChI is InChI=1S/C16H10F6N2O2/c1-5(25)23-15-9(17)3-7(11(19)13(15)21)8-4-10(18)16(24-6(2)26)14(22)12(8)20/h3-4H,1-2H3,(H,23,25)(H,24,26). The van der Waals surface area contributed by atoms with Crippen molar-refractivity contribution in [1.82, 2.24) is 0 Å². The van der Waals surface area contributed by atoms with Crippen molar-refractivity contribution in [2.45, 2.75) is 13.8 Å². The lowest BCUT2D eigenvalue weighted by Gasteiger charge is -2.13. The summed E-state index contributed by atoms with van der Waals surface area (Å²) in [5.74, 6) is -12.2. The number of anilines is 2. The van der Waals surface area contributed by atoms with E-state index >= 15 is 0 Å². The average molecular weight is 376 g/mol. The fraction of sp³-hybridized carbons (Fsp3) is 0.125. The third-order valence-electron chi connectivity index (χ3n) is 3.21. The Morgan fingerprint density at radius 1 is 0.654 bits per heavy atom. The molecule has 2 N–H and O–H groups in total. The van der Waals surface area contributed by atoms with Gasteiger partial charge in [-0.25, -0.2) is 26.3 Å². The van der Waals surface area contributed by atoms with Crippen LogP contribution < -0.4 is 10.6 Å². The van der Waals surface area contributed by atoms with E-state index in [1.54, 1.807) is 10.6 Å². The smallest absolute Gasteiger partial charge is 0.221 e. The molecule has 26 heavy (non-hydrogen) atoms. The Hall–Kier alpha value is -3.04. The largest absolute Gasteiger partial charge is 0.321 e. The van der Waals surface area contributed by atoms with E-state index in [1.807, 2.05) is 0 Å². The van der Waals surface area contributed by atoms with Crippen LogP contribution in [0.4, 0.5) is 37.7 Å². The summed E-state index contributed by atoms with van der Waals surface area (Å²) >= 11 is 0. The van der Waals surface area contributed by atoms with Crippen LogP contribution in [0.1, 0.15) is 13.8 Å². The molecule has 0 aliphatic carbocycles. The van der Waals surface area contributed by atoms with Crippen molar-refractivity contribution in [2.75, 3.05) is 10.6 Å². The molecule has 0 fully saturated rings. The molecular formula is C16H10F6N2O2. The third kappa shape index (κ3) is 3.48. The van der Waals surface area contributed by atoms with Crippen LogP contribution in [0.5, 0.6) is 0 Å². The van der Waals surface area contributed by atoms with Gasteiger partial charge >= 0.3 is 0 Å². The summed E-state index contributed by atoms with van der Waals surface area (Å²) in [5.41, 5.74) is -4.48. The maximum Gasteiger partial charge on any atom is 0.221 e. The van der Waals surface area contributed by atoms with Gasteiger partial charge in [-0.15, -0.1) is 0 Å². The van der Waals surface area contributed by atoms with Crippen LogP contribution in [-0.2, 0) is 9.59 Å². The Kier molecular flexibility index (Phi) is 5.24. The number of nitrogens with one attached hydrogen (secondary N) is 2. The molecule has 0 aliphatic rings. The van der Waals surface area contributed by atoms with E-state index in [4.69, 9.17) is 0 Å². The zero-order chi connectivity index (χ0) is 19.8. The van der Waals surface area contributed by atoms with E-state index in [1.165, 1.54) is 0 Å². The fourth-order valence-electron chi connectivity index (χ4n) is 2.16. The average Bonchev–Trinajstić information content (AvgIpc) is 2.55. The molecule has 0 saturated carbocycles. The zero-order valence-electron chi connectivity index (χ0n) is 13.2. The van der Waals surface area contributed by atoms with Gasteiger partial charge in [0.2, 0.25) is 11.8 Å². The van der Waals surface area contributed by atoms with Crippen molar-refractivity contribution in [3.05, 3.63) is 47.0 Å². The van der Waals surface area contributed by atoms with Crippen molar-refractivity contribution in [1.29, 1.82) is 0 Å². The highest BCUT2D eigenvalue weighted by Gasteiger charge is 2.26. The molecule has 0 spiro atoms. The highest BCUT2D eigenvalue weighted by atomic mass is 19.2. The summed E-state index contributed by atoms with van der Waals surface area (Å²) in [5, 5.41) is 3.42. The predicted molar refractivity (Wildman–Crippen MR) is 80.2 cm³/mol. The van der Waals surface area contributed by atoms with Crippen molar-refractivity contribution in [3.63, 3.8) is 0 Å². The normalized spacial score (nSPS) is 10.6. The van der Waals surface area contributed by atoms with Crippen LogP contribution in [0.2, 0.25) is 0 Å². The molecule has 138 valence electrons. The van der Waals surface area contributed by atoms with Crippen LogP contribution in [0.15, 0.2) is 12.1 Å². The lowest BCUT2D eigenvalue weighted by Crippen LogP contribution is -2.13. The molecule has 0 bridgehead atoms. The number of benzene rings is 2. The maximum atomic E-state index is 14.2. The van der Waals surface area contributed by atoms with Crippen LogP contribution >= 0.6 is 0 Å². The number of amides is 2. The van der Waals surface area contributed by atoms with Gasteiger partial charge in [0.1, 0.15) is 11.4 Å². The molecule has 4 nitrogen and oxygen atoms in total. The van der Waals surface area contributed by atoms with Crippen LogP contribution in [0.3, 0.4) is 0 Å². The van der Waals surface area contributed by atoms with Gasteiger partial charge in [-0.3, -0.25) is 9.59 Å². The lowest BCUT2D eigenvalue weighted by molar-refractivity contribution is -0.115. The van der Waals surface area contributed by atoms with Crippen LogP contribution in [-0.4, -0.2) is 11.8 Å². The highest BCUT2D eigenvalue weighted by molar-refractivity contribution is 5.90. The first-order chi connectivity index (χ1) is 12.0. The minimum Gasteiger partial charge on any atom is -0.321 e. The zero-order valence-corrected chi connectivity index (χ0v) is 13.2. The second-order valence-corrected chi connectivity index (χ2v) is 5.18. The van der Waals surface area contributed by atoms with Crippen molar-refractivity contribution in [3.8, 4) is 11.1 Å². The minimum atomic E-state index is -1.87. The van der Waals surface area contributed by atoms with Gasteiger partial charge in [-0.05, 0) is 12.1 Å². The molecule has 2 rings (SSSR count). The number of halogens is 6. The van der Waals surface area contributed by atoms with Crippen molar-refractivity contribution in [2.24, 2.45) is 0 Å². The summed E-state index contributed by atoms with van der Waals surface area (Å²) in [6.45, 7) is 1.83. The van der Waals surface area contributed by atoms with Crippen molar-refractivity contribution >= 4 is 23.2 Å². The summed E-state index contributed by atoms with van der Waals surface area (Å²) in [6.07, 6.45) is 0. The predicted octanol–water partition coefficient (Wildman–Crippen LogP) is 4.11. The van der Waals surface area contributed by atoms with Gasteiger partial charge in [0, 0.05) is 25.0 Å². The van der Waals surface area contributed by atoms with Gasteiger partial charge in [0.25, 0.3) is 0 Å². The molecule has 2 amide bonds. The molecule has 0 radical (unpaired) electrons. The molecular weight excluding hydrogens is 366 g/mol. The van der Waals surface area contributed by atoms with Gasteiger partial charge < -0.3 is 10.6 Å². The third-order valence-corrected chi connectivity index (χ3v) is 3.21. The summed E-state index contributed by atoms with van der Waals surface area (Å²) in [4.78, 5) is 21.8. The first-order valence-electron chi connectivity index (χ1n) is 6.95. The van der Waals surface area contributed by atoms with Crippen molar-refractivity contribution < 1.29 is 35.9 Å². The highest BCUT2D eigenvalue weighted by Crippen LogP contribution is 2.36. The number of carbonyl (C=O) groups is 2. The molecule has 10 heteroatoms. The first kappa shape index (κ1) is 19.3. The van der Waals surface area contributed by atoms with E-state index in [9.17, 15) is 35.9 Å². The van der Waals surface area contributed by atoms with Gasteiger partial charge in [0.15, 0.2) is 34.9 Å². The molecule has 0 atom stereocenters. The van der Waals surface area contributed by atoms with E-state index in [-0.39, 0.29) is 12.1 Å². The molecule has 0 unspecified atom stereocenters. The summed E-state index contributed by atoms with van der Waals surface area (Å²) in [6, 6.07) is 0.554. The van der Waals surface area contributed by atoms with E-state index in [0.29, 0.717) is 0 Å². The topological polar surface area (TPSA) is 58.2 Å². The molecule has 0 aliphatic heterocycles. The first-order valence-corrected chi connectivity index (χ1v) is 6.95. The van der Waals surface area contributed by atoms with Gasteiger partial charge in [-0.2, -0.15) is 0 Å². The Bertz CT molecular complexity index is 854. The second-order valence-electron chi connectivity index (χ2n) is 5.18. The fourth-order valence-corrected chi connectivity index (χ4v) is 2.16.